The van der Waals surface area contributed by atoms with E-state index in [0.717, 1.165) is 6.42 Å². The van der Waals surface area contributed by atoms with E-state index in [2.05, 4.69) is 20.8 Å². The molecular formula is C11H25BO3. The Morgan fingerprint density at radius 1 is 1.20 bits per heavy atom. The van der Waals surface area contributed by atoms with Gasteiger partial charge in [0, 0.05) is 6.61 Å². The molecule has 0 aromatic carbocycles. The van der Waals surface area contributed by atoms with Gasteiger partial charge in [-0.15, -0.1) is 0 Å². The second-order valence-electron chi connectivity index (χ2n) is 4.30. The summed E-state index contributed by atoms with van der Waals surface area (Å²) in [4.78, 5) is 0. The fourth-order valence-corrected chi connectivity index (χ4v) is 1.92. The van der Waals surface area contributed by atoms with Gasteiger partial charge in [0.05, 0.1) is 0 Å². The first-order valence-electron chi connectivity index (χ1n) is 6.09. The molecule has 4 heteroatoms. The van der Waals surface area contributed by atoms with Gasteiger partial charge < -0.3 is 14.7 Å². The quantitative estimate of drug-likeness (QED) is 0.459. The fraction of sp³-hybridized carbons (Fsp3) is 1.00. The van der Waals surface area contributed by atoms with Gasteiger partial charge in [0.1, 0.15) is 0 Å². The molecule has 0 aliphatic heterocycles. The van der Waals surface area contributed by atoms with Crippen LogP contribution in [0.4, 0.5) is 0 Å². The summed E-state index contributed by atoms with van der Waals surface area (Å²) < 4.78 is 4.80. The van der Waals surface area contributed by atoms with Gasteiger partial charge in [-0.2, -0.15) is 0 Å². The van der Waals surface area contributed by atoms with E-state index in [1.165, 1.54) is 25.7 Å². The molecule has 2 N–H and O–H groups in total. The topological polar surface area (TPSA) is 49.7 Å². The summed E-state index contributed by atoms with van der Waals surface area (Å²) in [5.41, 5.74) is 0. The molecule has 0 fully saturated rings. The maximum atomic E-state index is 8.60. The normalized spacial score (nSPS) is 15.0. The van der Waals surface area contributed by atoms with Crippen molar-refractivity contribution < 1.29 is 14.7 Å². The lowest BCUT2D eigenvalue weighted by molar-refractivity contribution is 0.131. The van der Waals surface area contributed by atoms with Gasteiger partial charge in [0.25, 0.3) is 0 Å². The summed E-state index contributed by atoms with van der Waals surface area (Å²) >= 11 is 0. The number of hydrogen-bond donors (Lipinski definition) is 2. The van der Waals surface area contributed by atoms with Gasteiger partial charge in [-0.05, 0) is 11.8 Å². The van der Waals surface area contributed by atoms with Crippen molar-refractivity contribution in [2.45, 2.75) is 52.9 Å². The van der Waals surface area contributed by atoms with Crippen LogP contribution < -0.4 is 0 Å². The molecule has 0 heterocycles. The van der Waals surface area contributed by atoms with Crippen molar-refractivity contribution in [3.05, 3.63) is 0 Å². The standard InChI is InChI=1S/C11H25BO3/c1-4-6-7-8-11(5-2)10(3)9-15-12(13)14/h10-11,13-14H,4-9H2,1-3H3. The van der Waals surface area contributed by atoms with E-state index < -0.39 is 7.32 Å². The van der Waals surface area contributed by atoms with Gasteiger partial charge >= 0.3 is 7.32 Å². The third-order valence-corrected chi connectivity index (χ3v) is 3.02. The van der Waals surface area contributed by atoms with Crippen LogP contribution in [0.5, 0.6) is 0 Å². The molecular weight excluding hydrogens is 191 g/mol. The van der Waals surface area contributed by atoms with Gasteiger partial charge in [0.2, 0.25) is 0 Å². The van der Waals surface area contributed by atoms with E-state index in [0.29, 0.717) is 18.4 Å². The Labute approximate surface area is 94.0 Å². The van der Waals surface area contributed by atoms with E-state index in [9.17, 15) is 0 Å². The lowest BCUT2D eigenvalue weighted by Gasteiger charge is -2.22. The van der Waals surface area contributed by atoms with Gasteiger partial charge in [0.15, 0.2) is 0 Å². The maximum Gasteiger partial charge on any atom is 0.633 e. The summed E-state index contributed by atoms with van der Waals surface area (Å²) in [5.74, 6) is 1.03. The summed E-state index contributed by atoms with van der Waals surface area (Å²) in [6, 6.07) is 0. The number of hydrogen-bond acceptors (Lipinski definition) is 3. The lowest BCUT2D eigenvalue weighted by Crippen LogP contribution is -2.24. The minimum absolute atomic E-state index is 0.397. The summed E-state index contributed by atoms with van der Waals surface area (Å²) in [6.45, 7) is 6.93. The molecule has 0 aromatic heterocycles. The second kappa shape index (κ2) is 9.19. The van der Waals surface area contributed by atoms with Crippen LogP contribution in [0.15, 0.2) is 0 Å². The van der Waals surface area contributed by atoms with E-state index in [-0.39, 0.29) is 0 Å². The van der Waals surface area contributed by atoms with Crippen LogP contribution in [0.2, 0.25) is 0 Å². The van der Waals surface area contributed by atoms with Crippen molar-refractivity contribution >= 4 is 7.32 Å². The zero-order valence-electron chi connectivity index (χ0n) is 10.3. The van der Waals surface area contributed by atoms with Gasteiger partial charge in [-0.1, -0.05) is 52.9 Å². The predicted octanol–water partition coefficient (Wildman–Crippen LogP) is 2.22. The third-order valence-electron chi connectivity index (χ3n) is 3.02. The summed E-state index contributed by atoms with van der Waals surface area (Å²) in [7, 11) is -1.62. The molecule has 0 aliphatic carbocycles. The molecule has 0 aliphatic rings. The highest BCUT2D eigenvalue weighted by atomic mass is 16.6. The van der Waals surface area contributed by atoms with E-state index in [1.54, 1.807) is 0 Å². The Kier molecular flexibility index (Phi) is 9.16. The van der Waals surface area contributed by atoms with Crippen molar-refractivity contribution in [3.63, 3.8) is 0 Å². The number of rotatable bonds is 9. The number of unbranched alkanes of at least 4 members (excludes halogenated alkanes) is 2. The molecule has 15 heavy (non-hydrogen) atoms. The Hall–Kier alpha value is -0.0551. The maximum absolute atomic E-state index is 8.60. The first-order valence-corrected chi connectivity index (χ1v) is 6.09. The van der Waals surface area contributed by atoms with Crippen molar-refractivity contribution in [2.24, 2.45) is 11.8 Å². The molecule has 0 amide bonds. The molecule has 3 nitrogen and oxygen atoms in total. The average molecular weight is 216 g/mol. The molecule has 0 rings (SSSR count). The third kappa shape index (κ3) is 7.83. The van der Waals surface area contributed by atoms with Crippen LogP contribution in [0.1, 0.15) is 52.9 Å². The van der Waals surface area contributed by atoms with Crippen LogP contribution in [0.3, 0.4) is 0 Å². The Balaban J connectivity index is 3.72. The molecule has 0 spiro atoms. The molecule has 2 atom stereocenters. The highest BCUT2D eigenvalue weighted by Crippen LogP contribution is 2.22. The zero-order chi connectivity index (χ0) is 11.7. The second-order valence-corrected chi connectivity index (χ2v) is 4.30. The fourth-order valence-electron chi connectivity index (χ4n) is 1.92. The molecule has 0 radical (unpaired) electrons. The monoisotopic (exact) mass is 216 g/mol. The minimum Gasteiger partial charge on any atom is -0.402 e. The van der Waals surface area contributed by atoms with Crippen LogP contribution in [0.25, 0.3) is 0 Å². The molecule has 0 aromatic rings. The lowest BCUT2D eigenvalue weighted by atomic mass is 9.87. The molecule has 0 saturated heterocycles. The van der Waals surface area contributed by atoms with Crippen LogP contribution in [-0.4, -0.2) is 24.0 Å². The molecule has 0 bridgehead atoms. The largest absolute Gasteiger partial charge is 0.633 e. The first-order chi connectivity index (χ1) is 7.11. The highest BCUT2D eigenvalue weighted by molar-refractivity contribution is 6.32. The highest BCUT2D eigenvalue weighted by Gasteiger charge is 2.18. The first kappa shape index (κ1) is 14.9. The Morgan fingerprint density at radius 3 is 2.33 bits per heavy atom. The smallest absolute Gasteiger partial charge is 0.402 e. The molecule has 0 saturated carbocycles. The van der Waals surface area contributed by atoms with Crippen molar-refractivity contribution in [2.75, 3.05) is 6.61 Å². The van der Waals surface area contributed by atoms with Crippen molar-refractivity contribution in [3.8, 4) is 0 Å². The van der Waals surface area contributed by atoms with Crippen molar-refractivity contribution in [1.82, 2.24) is 0 Å². The van der Waals surface area contributed by atoms with Crippen LogP contribution in [-0.2, 0) is 4.65 Å². The Morgan fingerprint density at radius 2 is 1.87 bits per heavy atom. The molecule has 90 valence electrons. The van der Waals surface area contributed by atoms with E-state index in [4.69, 9.17) is 14.7 Å². The zero-order valence-corrected chi connectivity index (χ0v) is 10.3. The minimum atomic E-state index is -1.62. The SMILES string of the molecule is CCCCCC(CC)C(C)COB(O)O. The average Bonchev–Trinajstić information content (AvgIpc) is 2.21. The van der Waals surface area contributed by atoms with Crippen LogP contribution >= 0.6 is 0 Å². The Bertz CT molecular complexity index is 142. The van der Waals surface area contributed by atoms with E-state index in [1.807, 2.05) is 0 Å². The predicted molar refractivity (Wildman–Crippen MR) is 63.2 cm³/mol. The van der Waals surface area contributed by atoms with E-state index >= 15 is 0 Å². The summed E-state index contributed by atoms with van der Waals surface area (Å²) in [6.07, 6.45) is 6.15. The molecule has 2 unspecified atom stereocenters. The van der Waals surface area contributed by atoms with Crippen LogP contribution in [0, 0.1) is 11.8 Å². The van der Waals surface area contributed by atoms with Gasteiger partial charge in [-0.25, -0.2) is 0 Å². The van der Waals surface area contributed by atoms with Gasteiger partial charge in [-0.3, -0.25) is 0 Å². The summed E-state index contributed by atoms with van der Waals surface area (Å²) in [5, 5.41) is 17.2. The van der Waals surface area contributed by atoms with Crippen molar-refractivity contribution in [1.29, 1.82) is 0 Å².